The van der Waals surface area contributed by atoms with Crippen molar-refractivity contribution < 1.29 is 19.3 Å². The van der Waals surface area contributed by atoms with Crippen LogP contribution in [0.2, 0.25) is 0 Å². The molecular formula is C7H20N3O3+. The lowest BCUT2D eigenvalue weighted by Gasteiger charge is -2.33. The highest BCUT2D eigenvalue weighted by atomic mass is 16.6. The zero-order valence-electron chi connectivity index (χ0n) is 8.11. The van der Waals surface area contributed by atoms with Crippen LogP contribution in [0.25, 0.3) is 0 Å². The maximum atomic E-state index is 8.84. The van der Waals surface area contributed by atoms with Crippen LogP contribution >= 0.6 is 0 Å². The quantitative estimate of drug-likeness (QED) is 0.313. The van der Waals surface area contributed by atoms with E-state index in [0.29, 0.717) is 24.2 Å². The summed E-state index contributed by atoms with van der Waals surface area (Å²) in [6, 6.07) is 0. The van der Waals surface area contributed by atoms with Crippen molar-refractivity contribution >= 4 is 0 Å². The van der Waals surface area contributed by atoms with E-state index < -0.39 is 0 Å². The van der Waals surface area contributed by atoms with Crippen molar-refractivity contribution in [3.8, 4) is 0 Å². The van der Waals surface area contributed by atoms with E-state index in [1.807, 2.05) is 7.05 Å². The summed E-state index contributed by atoms with van der Waals surface area (Å²) in [7, 11) is 1.99. The van der Waals surface area contributed by atoms with Crippen LogP contribution in [0.5, 0.6) is 0 Å². The Morgan fingerprint density at radius 2 is 1.54 bits per heavy atom. The Morgan fingerprint density at radius 1 is 1.08 bits per heavy atom. The third kappa shape index (κ3) is 5.92. The van der Waals surface area contributed by atoms with E-state index in [9.17, 15) is 0 Å². The van der Waals surface area contributed by atoms with Gasteiger partial charge in [0.05, 0.1) is 13.7 Å². The van der Waals surface area contributed by atoms with Gasteiger partial charge in [-0.2, -0.15) is 0 Å². The summed E-state index contributed by atoms with van der Waals surface area (Å²) >= 11 is 0. The Morgan fingerprint density at radius 3 is 1.85 bits per heavy atom. The second kappa shape index (κ2) is 7.19. The molecule has 0 saturated carbocycles. The van der Waals surface area contributed by atoms with Crippen LogP contribution in [0, 0.1) is 0 Å². The lowest BCUT2D eigenvalue weighted by Crippen LogP contribution is -2.50. The van der Waals surface area contributed by atoms with Gasteiger partial charge in [0.2, 0.25) is 0 Å². The van der Waals surface area contributed by atoms with Crippen molar-refractivity contribution in [2.24, 2.45) is 11.8 Å². The SMILES string of the molecule is C[N+](CCO)(CCON)CCON. The van der Waals surface area contributed by atoms with Crippen LogP contribution < -0.4 is 11.8 Å². The van der Waals surface area contributed by atoms with Gasteiger partial charge in [-0.05, 0) is 0 Å². The lowest BCUT2D eigenvalue weighted by atomic mass is 10.4. The summed E-state index contributed by atoms with van der Waals surface area (Å²) in [4.78, 5) is 8.99. The lowest BCUT2D eigenvalue weighted by molar-refractivity contribution is -0.910. The fraction of sp³-hybridized carbons (Fsp3) is 1.00. The summed E-state index contributed by atoms with van der Waals surface area (Å²) in [5.74, 6) is 9.86. The zero-order valence-corrected chi connectivity index (χ0v) is 8.11. The smallest absolute Gasteiger partial charge is 0.117 e. The number of hydrogen-bond donors (Lipinski definition) is 3. The second-order valence-electron chi connectivity index (χ2n) is 3.26. The average Bonchev–Trinajstić information content (AvgIpc) is 2.12. The van der Waals surface area contributed by atoms with Crippen molar-refractivity contribution in [3.63, 3.8) is 0 Å². The standard InChI is InChI=1S/C7H20N3O3/c1-10(2-5-11,3-6-12-8)4-7-13-9/h11H,2-9H2,1H3/q+1. The number of nitrogens with zero attached hydrogens (tertiary/aromatic N) is 1. The first-order chi connectivity index (χ1) is 6.18. The fourth-order valence-electron chi connectivity index (χ4n) is 1.12. The average molecular weight is 194 g/mol. The number of rotatable bonds is 8. The van der Waals surface area contributed by atoms with Gasteiger partial charge < -0.3 is 9.59 Å². The molecule has 0 rings (SSSR count). The fourth-order valence-corrected chi connectivity index (χ4v) is 1.12. The molecule has 5 N–H and O–H groups in total. The third-order valence-corrected chi connectivity index (χ3v) is 2.14. The molecule has 0 saturated heterocycles. The van der Waals surface area contributed by atoms with Crippen LogP contribution in [0.15, 0.2) is 0 Å². The van der Waals surface area contributed by atoms with Crippen LogP contribution in [0.4, 0.5) is 0 Å². The summed E-state index contributed by atoms with van der Waals surface area (Å²) in [5.41, 5.74) is 0. The van der Waals surface area contributed by atoms with Crippen molar-refractivity contribution in [1.29, 1.82) is 0 Å². The highest BCUT2D eigenvalue weighted by Gasteiger charge is 2.20. The maximum Gasteiger partial charge on any atom is 0.117 e. The minimum absolute atomic E-state index is 0.131. The van der Waals surface area contributed by atoms with Gasteiger partial charge in [-0.3, -0.25) is 9.68 Å². The number of hydrogen-bond acceptors (Lipinski definition) is 5. The monoisotopic (exact) mass is 194 g/mol. The molecule has 0 heterocycles. The predicted octanol–water partition coefficient (Wildman–Crippen LogP) is -1.79. The Balaban J connectivity index is 3.84. The molecule has 0 bridgehead atoms. The van der Waals surface area contributed by atoms with E-state index in [2.05, 4.69) is 9.68 Å². The first-order valence-electron chi connectivity index (χ1n) is 4.26. The van der Waals surface area contributed by atoms with E-state index in [1.165, 1.54) is 0 Å². The highest BCUT2D eigenvalue weighted by Crippen LogP contribution is 2.00. The molecule has 0 aliphatic heterocycles. The zero-order chi connectivity index (χ0) is 10.2. The highest BCUT2D eigenvalue weighted by molar-refractivity contribution is 4.39. The van der Waals surface area contributed by atoms with Gasteiger partial charge in [0.15, 0.2) is 0 Å². The molecule has 6 heteroatoms. The first-order valence-corrected chi connectivity index (χ1v) is 4.26. The molecule has 0 aliphatic rings. The maximum absolute atomic E-state index is 8.84. The van der Waals surface area contributed by atoms with Crippen molar-refractivity contribution in [1.82, 2.24) is 0 Å². The number of nitrogens with two attached hydrogens (primary N) is 2. The minimum Gasteiger partial charge on any atom is -0.391 e. The molecule has 0 amide bonds. The van der Waals surface area contributed by atoms with Gasteiger partial charge in [0, 0.05) is 0 Å². The summed E-state index contributed by atoms with van der Waals surface area (Å²) in [6.45, 7) is 3.17. The topological polar surface area (TPSA) is 90.7 Å². The van der Waals surface area contributed by atoms with Gasteiger partial charge in [-0.15, -0.1) is 0 Å². The van der Waals surface area contributed by atoms with Crippen molar-refractivity contribution in [2.75, 3.05) is 46.5 Å². The van der Waals surface area contributed by atoms with Gasteiger partial charge in [-0.25, -0.2) is 11.8 Å². The molecular weight excluding hydrogens is 174 g/mol. The van der Waals surface area contributed by atoms with Crippen LogP contribution in [-0.2, 0) is 9.68 Å². The predicted molar refractivity (Wildman–Crippen MR) is 48.2 cm³/mol. The van der Waals surface area contributed by atoms with E-state index in [4.69, 9.17) is 16.9 Å². The van der Waals surface area contributed by atoms with E-state index in [-0.39, 0.29) is 6.61 Å². The summed E-state index contributed by atoms with van der Waals surface area (Å²) < 4.78 is 0.644. The molecule has 0 aromatic rings. The second-order valence-corrected chi connectivity index (χ2v) is 3.26. The number of likely N-dealkylation sites (N-methyl/N-ethyl adjacent to an activating group) is 1. The Bertz CT molecular complexity index is 116. The van der Waals surface area contributed by atoms with Gasteiger partial charge in [0.1, 0.15) is 32.8 Å². The number of quaternary nitrogens is 1. The molecule has 0 aliphatic carbocycles. The molecule has 13 heavy (non-hydrogen) atoms. The van der Waals surface area contributed by atoms with E-state index in [1.54, 1.807) is 0 Å². The van der Waals surface area contributed by atoms with Crippen LogP contribution in [0.1, 0.15) is 0 Å². The van der Waals surface area contributed by atoms with Gasteiger partial charge >= 0.3 is 0 Å². The number of aliphatic hydroxyl groups excluding tert-OH is 1. The van der Waals surface area contributed by atoms with Gasteiger partial charge in [0.25, 0.3) is 0 Å². The van der Waals surface area contributed by atoms with Crippen molar-refractivity contribution in [3.05, 3.63) is 0 Å². The molecule has 80 valence electrons. The molecule has 0 aromatic heterocycles. The Kier molecular flexibility index (Phi) is 7.06. The molecule has 0 unspecified atom stereocenters. The first kappa shape index (κ1) is 12.8. The van der Waals surface area contributed by atoms with Crippen molar-refractivity contribution in [2.45, 2.75) is 0 Å². The summed E-state index contributed by atoms with van der Waals surface area (Å²) in [5, 5.41) is 8.84. The molecule has 0 atom stereocenters. The molecule has 0 spiro atoms. The largest absolute Gasteiger partial charge is 0.391 e. The molecule has 0 fully saturated rings. The van der Waals surface area contributed by atoms with E-state index in [0.717, 1.165) is 13.1 Å². The Hall–Kier alpha value is -0.240. The van der Waals surface area contributed by atoms with Gasteiger partial charge in [-0.1, -0.05) is 0 Å². The van der Waals surface area contributed by atoms with Crippen LogP contribution in [0.3, 0.4) is 0 Å². The molecule has 0 aromatic carbocycles. The normalized spacial score (nSPS) is 12.0. The molecule has 6 nitrogen and oxygen atoms in total. The van der Waals surface area contributed by atoms with E-state index >= 15 is 0 Å². The Labute approximate surface area is 78.5 Å². The third-order valence-electron chi connectivity index (χ3n) is 2.14. The molecule has 0 radical (unpaired) electrons. The summed E-state index contributed by atoms with van der Waals surface area (Å²) in [6.07, 6.45) is 0. The van der Waals surface area contributed by atoms with Crippen LogP contribution in [-0.4, -0.2) is 56.1 Å². The number of aliphatic hydroxyl groups is 1. The minimum atomic E-state index is 0.131.